The molecule has 2 aromatic carbocycles. The monoisotopic (exact) mass is 475 g/mol. The third-order valence-electron chi connectivity index (χ3n) is 6.02. The highest BCUT2D eigenvalue weighted by molar-refractivity contribution is 5.98. The maximum absolute atomic E-state index is 13.3. The molecule has 4 aromatic rings. The molecule has 0 unspecified atom stereocenters. The molecule has 0 N–H and O–H groups in total. The van der Waals surface area contributed by atoms with Crippen LogP contribution in [0.25, 0.3) is 11.6 Å². The molecule has 8 nitrogen and oxygen atoms in total. The largest absolute Gasteiger partial charge is 0.489 e. The van der Waals surface area contributed by atoms with E-state index in [0.717, 1.165) is 24.0 Å². The van der Waals surface area contributed by atoms with E-state index in [4.69, 9.17) is 14.3 Å². The molecule has 0 saturated heterocycles. The van der Waals surface area contributed by atoms with Gasteiger partial charge in [0.15, 0.2) is 17.1 Å². The highest BCUT2D eigenvalue weighted by atomic mass is 19.1. The van der Waals surface area contributed by atoms with E-state index < -0.39 is 0 Å². The number of hydrogen-bond donors (Lipinski definition) is 0. The van der Waals surface area contributed by atoms with Gasteiger partial charge in [-0.3, -0.25) is 4.79 Å². The van der Waals surface area contributed by atoms with Crippen molar-refractivity contribution in [3.63, 3.8) is 0 Å². The Hall–Kier alpha value is -4.01. The number of likely N-dealkylation sites (N-methyl/N-ethyl adjacent to an activating group) is 1. The summed E-state index contributed by atoms with van der Waals surface area (Å²) >= 11 is 0. The summed E-state index contributed by atoms with van der Waals surface area (Å²) < 4.78 is 27.0. The minimum atomic E-state index is -0.306. The van der Waals surface area contributed by atoms with Gasteiger partial charge >= 0.3 is 0 Å². The van der Waals surface area contributed by atoms with E-state index >= 15 is 0 Å². The molecule has 0 spiro atoms. The Morgan fingerprint density at radius 3 is 2.63 bits per heavy atom. The lowest BCUT2D eigenvalue weighted by atomic mass is 10.0. The second kappa shape index (κ2) is 9.69. The molecule has 9 heteroatoms. The Balaban J connectivity index is 1.56. The van der Waals surface area contributed by atoms with Crippen LogP contribution in [0.4, 0.5) is 4.39 Å². The average molecular weight is 476 g/mol. The number of unbranched alkanes of at least 4 members (excludes halogenated alkanes) is 1. The summed E-state index contributed by atoms with van der Waals surface area (Å²) in [5, 5.41) is 13.1. The van der Waals surface area contributed by atoms with E-state index in [2.05, 4.69) is 17.1 Å². The van der Waals surface area contributed by atoms with Crippen LogP contribution in [0.5, 0.6) is 5.75 Å². The third-order valence-corrected chi connectivity index (χ3v) is 6.02. The third kappa shape index (κ3) is 4.53. The van der Waals surface area contributed by atoms with Crippen LogP contribution in [0.1, 0.15) is 53.3 Å². The molecule has 3 heterocycles. The van der Waals surface area contributed by atoms with Crippen molar-refractivity contribution in [3.05, 3.63) is 83.1 Å². The SMILES string of the molecule is CCCCOc1c(-c2nnc(Cc3ccc(F)cc3)o2)nn2c1C(=O)N(C)C[C@@H]2c1ccccc1. The fraction of sp³-hybridized carbons (Fsp3) is 0.308. The molecule has 1 atom stereocenters. The predicted octanol–water partition coefficient (Wildman–Crippen LogP) is 4.52. The van der Waals surface area contributed by atoms with Gasteiger partial charge in [0, 0.05) is 13.6 Å². The van der Waals surface area contributed by atoms with Crippen LogP contribution in [-0.4, -0.2) is 51.0 Å². The van der Waals surface area contributed by atoms with Gasteiger partial charge in [0.25, 0.3) is 11.8 Å². The number of aromatic nitrogens is 4. The second-order valence-corrected chi connectivity index (χ2v) is 8.59. The summed E-state index contributed by atoms with van der Waals surface area (Å²) in [7, 11) is 1.78. The minimum absolute atomic E-state index is 0.173. The Morgan fingerprint density at radius 2 is 1.89 bits per heavy atom. The van der Waals surface area contributed by atoms with Gasteiger partial charge < -0.3 is 14.1 Å². The molecule has 0 fully saturated rings. The molecule has 1 aliphatic heterocycles. The minimum Gasteiger partial charge on any atom is -0.489 e. The van der Waals surface area contributed by atoms with Crippen molar-refractivity contribution in [2.75, 3.05) is 20.2 Å². The predicted molar refractivity (Wildman–Crippen MR) is 127 cm³/mol. The van der Waals surface area contributed by atoms with Crippen molar-refractivity contribution in [2.24, 2.45) is 0 Å². The smallest absolute Gasteiger partial charge is 0.275 e. The maximum atomic E-state index is 13.3. The van der Waals surface area contributed by atoms with Crippen molar-refractivity contribution in [2.45, 2.75) is 32.2 Å². The van der Waals surface area contributed by atoms with Gasteiger partial charge in [-0.15, -0.1) is 10.2 Å². The number of halogens is 1. The van der Waals surface area contributed by atoms with Crippen LogP contribution >= 0.6 is 0 Å². The number of fused-ring (bicyclic) bond motifs is 1. The fourth-order valence-electron chi connectivity index (χ4n) is 4.16. The van der Waals surface area contributed by atoms with Crippen LogP contribution in [0.3, 0.4) is 0 Å². The molecule has 5 rings (SSSR count). The van der Waals surface area contributed by atoms with Gasteiger partial charge in [0.1, 0.15) is 5.82 Å². The molecule has 180 valence electrons. The average Bonchev–Trinajstić information content (AvgIpc) is 3.48. The van der Waals surface area contributed by atoms with Crippen LogP contribution in [0, 0.1) is 5.82 Å². The molecule has 35 heavy (non-hydrogen) atoms. The van der Waals surface area contributed by atoms with Gasteiger partial charge in [-0.25, -0.2) is 9.07 Å². The first kappa shape index (κ1) is 22.8. The van der Waals surface area contributed by atoms with E-state index in [-0.39, 0.29) is 23.7 Å². The van der Waals surface area contributed by atoms with Gasteiger partial charge in [-0.2, -0.15) is 5.10 Å². The summed E-state index contributed by atoms with van der Waals surface area (Å²) in [5.74, 6) is 0.416. The van der Waals surface area contributed by atoms with E-state index in [9.17, 15) is 9.18 Å². The van der Waals surface area contributed by atoms with Crippen molar-refractivity contribution in [1.29, 1.82) is 0 Å². The van der Waals surface area contributed by atoms with Gasteiger partial charge in [-0.1, -0.05) is 55.8 Å². The van der Waals surface area contributed by atoms with Crippen molar-refractivity contribution in [1.82, 2.24) is 24.9 Å². The highest BCUT2D eigenvalue weighted by Gasteiger charge is 2.38. The summed E-state index contributed by atoms with van der Waals surface area (Å²) in [6.45, 7) is 2.98. The van der Waals surface area contributed by atoms with Crippen molar-refractivity contribution in [3.8, 4) is 17.3 Å². The first-order valence-electron chi connectivity index (χ1n) is 11.7. The Kier molecular flexibility index (Phi) is 6.31. The highest BCUT2D eigenvalue weighted by Crippen LogP contribution is 2.38. The van der Waals surface area contributed by atoms with E-state index in [1.807, 2.05) is 30.3 Å². The van der Waals surface area contributed by atoms with Crippen LogP contribution in [0.2, 0.25) is 0 Å². The molecule has 0 saturated carbocycles. The number of rotatable bonds is 8. The van der Waals surface area contributed by atoms with Crippen molar-refractivity contribution < 1.29 is 18.3 Å². The first-order valence-corrected chi connectivity index (χ1v) is 11.7. The molecule has 0 bridgehead atoms. The second-order valence-electron chi connectivity index (χ2n) is 8.59. The standard InChI is InChI=1S/C26H26FN5O3/c1-3-4-14-34-24-22(25-29-28-21(35-25)15-17-10-12-19(27)13-11-17)30-32-20(18-8-6-5-7-9-18)16-31(2)26(33)23(24)32/h5-13,20H,3-4,14-16H2,1-2H3/t20-/m1/s1. The Labute approximate surface area is 202 Å². The molecule has 0 aliphatic carbocycles. The van der Waals surface area contributed by atoms with E-state index in [1.54, 1.807) is 28.8 Å². The number of carbonyl (C=O) groups excluding carboxylic acids is 1. The van der Waals surface area contributed by atoms with Gasteiger partial charge in [0.2, 0.25) is 5.89 Å². The summed E-state index contributed by atoms with van der Waals surface area (Å²) in [4.78, 5) is 14.9. The van der Waals surface area contributed by atoms with Gasteiger partial charge in [0.05, 0.1) is 19.1 Å². The summed E-state index contributed by atoms with van der Waals surface area (Å²) in [6.07, 6.45) is 2.12. The zero-order chi connectivity index (χ0) is 24.4. The molecule has 0 radical (unpaired) electrons. The maximum Gasteiger partial charge on any atom is 0.275 e. The van der Waals surface area contributed by atoms with E-state index in [0.29, 0.717) is 42.6 Å². The van der Waals surface area contributed by atoms with Crippen molar-refractivity contribution >= 4 is 5.91 Å². The number of hydrogen-bond acceptors (Lipinski definition) is 6. The lowest BCUT2D eigenvalue weighted by molar-refractivity contribution is 0.0718. The zero-order valence-electron chi connectivity index (χ0n) is 19.6. The lowest BCUT2D eigenvalue weighted by Crippen LogP contribution is -2.41. The van der Waals surface area contributed by atoms with Crippen LogP contribution in [-0.2, 0) is 6.42 Å². The molecule has 2 aromatic heterocycles. The normalized spacial score (nSPS) is 15.3. The molecule has 1 amide bonds. The Morgan fingerprint density at radius 1 is 1.11 bits per heavy atom. The topological polar surface area (TPSA) is 86.3 Å². The first-order chi connectivity index (χ1) is 17.0. The number of ether oxygens (including phenoxy) is 1. The molecule has 1 aliphatic rings. The summed E-state index contributed by atoms with van der Waals surface area (Å²) in [5.41, 5.74) is 2.59. The van der Waals surface area contributed by atoms with Crippen LogP contribution < -0.4 is 4.74 Å². The lowest BCUT2D eigenvalue weighted by Gasteiger charge is -2.31. The molecular formula is C26H26FN5O3. The number of amides is 1. The van der Waals surface area contributed by atoms with E-state index in [1.165, 1.54) is 12.1 Å². The summed E-state index contributed by atoms with van der Waals surface area (Å²) in [6, 6.07) is 15.9. The quantitative estimate of drug-likeness (QED) is 0.349. The van der Waals surface area contributed by atoms with Crippen LogP contribution in [0.15, 0.2) is 59.0 Å². The zero-order valence-corrected chi connectivity index (χ0v) is 19.6. The molecular weight excluding hydrogens is 449 g/mol. The number of nitrogens with zero attached hydrogens (tertiary/aromatic N) is 5. The number of benzene rings is 2. The fourth-order valence-corrected chi connectivity index (χ4v) is 4.16. The van der Waals surface area contributed by atoms with Gasteiger partial charge in [-0.05, 0) is 29.7 Å². The Bertz CT molecular complexity index is 1320. The number of carbonyl (C=O) groups is 1.